The van der Waals surface area contributed by atoms with Crippen LogP contribution in [0.2, 0.25) is 0 Å². The smallest absolute Gasteiger partial charge is 0.501 e. The average Bonchev–Trinajstić information content (AvgIpc) is 3.90. The third-order valence-electron chi connectivity index (χ3n) is 10.1. The van der Waals surface area contributed by atoms with Gasteiger partial charge in [0, 0.05) is 33.1 Å². The molecule has 5 nitrogen and oxygen atoms in total. The van der Waals surface area contributed by atoms with Gasteiger partial charge in [-0.1, -0.05) is 88.9 Å². The fourth-order valence-corrected chi connectivity index (χ4v) is 7.59. The Kier molecular flexibility index (Phi) is 7.28. The van der Waals surface area contributed by atoms with E-state index in [4.69, 9.17) is 9.40 Å². The van der Waals surface area contributed by atoms with Gasteiger partial charge in [-0.3, -0.25) is 0 Å². The van der Waals surface area contributed by atoms with Gasteiger partial charge >= 0.3 is 20.1 Å². The summed E-state index contributed by atoms with van der Waals surface area (Å²) >= 11 is 0. The molecule has 0 aliphatic heterocycles. The standard InChI is InChI=1S/C31H19N2O.C14H11N2.Ir/c1-17-14-24(32-16-18(17)2)20-10-7-11-22-28-27(34-31(20)22)15-23-19-8-3-5-12-25(19)33-26-13-6-4-9-21(26)29(28)30(23)33;1-15-11-16(12-7-3-2-4-8-12)14-10-6-5-9-13(14)15;/h3-9,11-16H,1-2H3;2-7,9-10H,1H3;/q2*-1;+3. The van der Waals surface area contributed by atoms with Crippen LogP contribution in [0.1, 0.15) is 11.1 Å². The van der Waals surface area contributed by atoms with Gasteiger partial charge in [0.2, 0.25) is 6.33 Å². The average molecular weight is 835 g/mol. The van der Waals surface area contributed by atoms with Gasteiger partial charge in [-0.25, -0.2) is 0 Å². The number of aryl methyl sites for hydroxylation is 3. The second-order valence-electron chi connectivity index (χ2n) is 13.0. The van der Waals surface area contributed by atoms with Gasteiger partial charge in [0.1, 0.15) is 5.58 Å². The van der Waals surface area contributed by atoms with Crippen molar-refractivity contribution in [2.45, 2.75) is 13.8 Å². The Morgan fingerprint density at radius 2 is 1.39 bits per heavy atom. The van der Waals surface area contributed by atoms with Gasteiger partial charge in [-0.05, 0) is 43.3 Å². The number of hydrogen-bond donors (Lipinski definition) is 0. The van der Waals surface area contributed by atoms with E-state index in [2.05, 4.69) is 116 Å². The molecule has 6 heteroatoms. The van der Waals surface area contributed by atoms with Crippen molar-refractivity contribution in [1.82, 2.24) is 14.0 Å². The third-order valence-corrected chi connectivity index (χ3v) is 10.1. The minimum Gasteiger partial charge on any atom is -0.501 e. The fraction of sp³-hybridized carbons (Fsp3) is 0.0667. The molecule has 11 aromatic rings. The molecule has 0 amide bonds. The number of furan rings is 1. The molecule has 6 aromatic carbocycles. The summed E-state index contributed by atoms with van der Waals surface area (Å²) in [6.07, 6.45) is 5.20. The van der Waals surface area contributed by atoms with E-state index in [9.17, 15) is 0 Å². The summed E-state index contributed by atoms with van der Waals surface area (Å²) in [5.41, 5.74) is 13.0. The molecule has 0 aliphatic carbocycles. The molecule has 0 aliphatic rings. The van der Waals surface area contributed by atoms with Gasteiger partial charge in [-0.15, -0.1) is 18.2 Å². The topological polar surface area (TPSA) is 39.2 Å². The largest absolute Gasteiger partial charge is 3.00 e. The molecule has 51 heavy (non-hydrogen) atoms. The predicted molar refractivity (Wildman–Crippen MR) is 202 cm³/mol. The van der Waals surface area contributed by atoms with Crippen molar-refractivity contribution >= 4 is 71.1 Å². The van der Waals surface area contributed by atoms with Gasteiger partial charge < -0.3 is 22.9 Å². The first-order valence-corrected chi connectivity index (χ1v) is 16.8. The monoisotopic (exact) mass is 835 g/mol. The zero-order chi connectivity index (χ0) is 33.5. The first-order valence-electron chi connectivity index (χ1n) is 16.8. The van der Waals surface area contributed by atoms with Crippen LogP contribution >= 0.6 is 0 Å². The molecule has 244 valence electrons. The maximum absolute atomic E-state index is 6.63. The minimum atomic E-state index is 0. The molecule has 0 bridgehead atoms. The summed E-state index contributed by atoms with van der Waals surface area (Å²) in [5, 5.41) is 7.25. The Bertz CT molecular complexity index is 3080. The second-order valence-corrected chi connectivity index (χ2v) is 13.0. The van der Waals surface area contributed by atoms with Gasteiger partial charge in [0.15, 0.2) is 0 Å². The van der Waals surface area contributed by atoms with E-state index < -0.39 is 0 Å². The van der Waals surface area contributed by atoms with Crippen molar-refractivity contribution in [1.29, 1.82) is 0 Å². The van der Waals surface area contributed by atoms with Crippen molar-refractivity contribution in [2.24, 2.45) is 7.05 Å². The van der Waals surface area contributed by atoms with Crippen LogP contribution in [-0.4, -0.2) is 14.0 Å². The van der Waals surface area contributed by atoms with E-state index >= 15 is 0 Å². The fourth-order valence-electron chi connectivity index (χ4n) is 7.59. The Labute approximate surface area is 307 Å². The maximum atomic E-state index is 6.63. The van der Waals surface area contributed by atoms with E-state index in [-0.39, 0.29) is 20.1 Å². The molecule has 0 saturated carbocycles. The van der Waals surface area contributed by atoms with E-state index in [1.165, 1.54) is 54.7 Å². The Hall–Kier alpha value is -5.81. The number of imidazole rings is 1. The Balaban J connectivity index is 0.000000173. The summed E-state index contributed by atoms with van der Waals surface area (Å²) < 4.78 is 13.1. The molecule has 11 rings (SSSR count). The normalized spacial score (nSPS) is 11.7. The quantitative estimate of drug-likeness (QED) is 0.129. The van der Waals surface area contributed by atoms with E-state index in [1.54, 1.807) is 0 Å². The molecule has 0 N–H and O–H groups in total. The summed E-state index contributed by atoms with van der Waals surface area (Å²) in [5.74, 6) is 0. The van der Waals surface area contributed by atoms with Crippen LogP contribution in [0, 0.1) is 32.3 Å². The zero-order valence-electron chi connectivity index (χ0n) is 28.2. The number of nitrogens with zero attached hydrogens (tertiary/aromatic N) is 4. The molecule has 0 radical (unpaired) electrons. The van der Waals surface area contributed by atoms with Gasteiger partial charge in [0.25, 0.3) is 0 Å². The van der Waals surface area contributed by atoms with E-state index in [0.717, 1.165) is 44.4 Å². The Morgan fingerprint density at radius 1 is 0.667 bits per heavy atom. The maximum Gasteiger partial charge on any atom is 3.00 e. The number of hydrogen-bond acceptors (Lipinski definition) is 2. The molecule has 0 fully saturated rings. The number of rotatable bonds is 2. The molecular formula is C45H30IrN4O+. The van der Waals surface area contributed by atoms with Crippen molar-refractivity contribution in [3.8, 4) is 16.9 Å². The first kappa shape index (κ1) is 31.2. The van der Waals surface area contributed by atoms with E-state index in [0.29, 0.717) is 0 Å². The van der Waals surface area contributed by atoms with Crippen molar-refractivity contribution in [2.75, 3.05) is 0 Å². The van der Waals surface area contributed by atoms with Crippen LogP contribution in [-0.2, 0) is 27.2 Å². The minimum absolute atomic E-state index is 0. The predicted octanol–water partition coefficient (Wildman–Crippen LogP) is 10.3. The van der Waals surface area contributed by atoms with Crippen molar-refractivity contribution < 1.29 is 29.1 Å². The Morgan fingerprint density at radius 3 is 2.18 bits per heavy atom. The van der Waals surface area contributed by atoms with Crippen LogP contribution in [0.3, 0.4) is 0 Å². The third kappa shape index (κ3) is 4.64. The zero-order valence-corrected chi connectivity index (χ0v) is 30.5. The summed E-state index contributed by atoms with van der Waals surface area (Å²) in [6.45, 7) is 4.20. The van der Waals surface area contributed by atoms with Gasteiger partial charge in [-0.2, -0.15) is 30.3 Å². The van der Waals surface area contributed by atoms with Crippen LogP contribution < -0.4 is 4.57 Å². The summed E-state index contributed by atoms with van der Waals surface area (Å²) in [6, 6.07) is 48.6. The number of pyridine rings is 1. The van der Waals surface area contributed by atoms with Crippen LogP contribution in [0.25, 0.3) is 88.0 Å². The number of fused-ring (bicyclic) bond motifs is 11. The van der Waals surface area contributed by atoms with Crippen LogP contribution in [0.5, 0.6) is 0 Å². The van der Waals surface area contributed by atoms with Crippen molar-refractivity contribution in [3.63, 3.8) is 0 Å². The summed E-state index contributed by atoms with van der Waals surface area (Å²) in [7, 11) is 2.00. The van der Waals surface area contributed by atoms with Gasteiger partial charge in [0.05, 0.1) is 40.2 Å². The number of aromatic nitrogens is 4. The SMILES string of the molecule is C[n+]1[c-]n(-c2[c-]cccc2)c2ccccc21.Cc1cnc(-c2[c-]ccc3c2oc2cc4c5ccccc5n5c6ccccc6c(c23)c45)cc1C.[Ir+3]. The van der Waals surface area contributed by atoms with Crippen molar-refractivity contribution in [3.05, 3.63) is 157 Å². The second kappa shape index (κ2) is 11.9. The molecule has 0 unspecified atom stereocenters. The molecule has 0 spiro atoms. The number of benzene rings is 6. The van der Waals surface area contributed by atoms with Crippen LogP contribution in [0.4, 0.5) is 0 Å². The van der Waals surface area contributed by atoms with Crippen LogP contribution in [0.15, 0.2) is 132 Å². The molecular weight excluding hydrogens is 805 g/mol. The molecule has 5 aromatic heterocycles. The first-order chi connectivity index (χ1) is 24.6. The molecule has 0 saturated heterocycles. The molecule has 5 heterocycles. The van der Waals surface area contributed by atoms with E-state index in [1.807, 2.05) is 64.8 Å². The number of para-hydroxylation sites is 5. The summed E-state index contributed by atoms with van der Waals surface area (Å²) in [4.78, 5) is 4.71. The molecule has 0 atom stereocenters.